The zero-order valence-corrected chi connectivity index (χ0v) is 14.5. The van der Waals surface area contributed by atoms with Crippen LogP contribution in [0.4, 0.5) is 0 Å². The fourth-order valence-corrected chi connectivity index (χ4v) is 3.88. The van der Waals surface area contributed by atoms with Crippen LogP contribution >= 0.6 is 0 Å². The molecule has 1 N–H and O–H groups in total. The van der Waals surface area contributed by atoms with Crippen molar-refractivity contribution in [2.24, 2.45) is 5.92 Å². The van der Waals surface area contributed by atoms with Crippen molar-refractivity contribution in [3.05, 3.63) is 34.4 Å². The normalized spacial score (nSPS) is 23.0. The van der Waals surface area contributed by atoms with Crippen molar-refractivity contribution < 1.29 is 0 Å². The van der Waals surface area contributed by atoms with Crippen LogP contribution in [0.25, 0.3) is 0 Å². The summed E-state index contributed by atoms with van der Waals surface area (Å²) in [4.78, 5) is 0. The molecule has 1 nitrogen and oxygen atoms in total. The summed E-state index contributed by atoms with van der Waals surface area (Å²) in [6.07, 6.45) is 8.25. The molecule has 1 saturated carbocycles. The second-order valence-electron chi connectivity index (χ2n) is 7.00. The monoisotopic (exact) mass is 287 g/mol. The lowest BCUT2D eigenvalue weighted by atomic mass is 9.79. The van der Waals surface area contributed by atoms with E-state index in [1.807, 2.05) is 0 Å². The number of rotatable bonds is 5. The van der Waals surface area contributed by atoms with E-state index in [1.54, 1.807) is 5.56 Å². The molecule has 1 heteroatoms. The van der Waals surface area contributed by atoms with E-state index in [0.717, 1.165) is 18.4 Å². The molecule has 1 aromatic carbocycles. The second kappa shape index (κ2) is 7.98. The van der Waals surface area contributed by atoms with E-state index in [4.69, 9.17) is 0 Å². The van der Waals surface area contributed by atoms with Gasteiger partial charge in [-0.3, -0.25) is 0 Å². The van der Waals surface area contributed by atoms with Gasteiger partial charge in [-0.05, 0) is 87.2 Å². The van der Waals surface area contributed by atoms with Crippen molar-refractivity contribution >= 4 is 0 Å². The van der Waals surface area contributed by atoms with Gasteiger partial charge in [0, 0.05) is 0 Å². The first-order chi connectivity index (χ1) is 10.1. The van der Waals surface area contributed by atoms with Gasteiger partial charge in [-0.25, -0.2) is 0 Å². The van der Waals surface area contributed by atoms with Gasteiger partial charge < -0.3 is 5.32 Å². The summed E-state index contributed by atoms with van der Waals surface area (Å²) in [5.41, 5.74) is 6.03. The summed E-state index contributed by atoms with van der Waals surface area (Å²) in [5.74, 6) is 1.58. The lowest BCUT2D eigenvalue weighted by Crippen LogP contribution is -2.27. The molecule has 1 fully saturated rings. The molecule has 0 saturated heterocycles. The van der Waals surface area contributed by atoms with Crippen LogP contribution in [-0.4, -0.2) is 13.1 Å². The summed E-state index contributed by atoms with van der Waals surface area (Å²) in [7, 11) is 0. The lowest BCUT2D eigenvalue weighted by Gasteiger charge is -2.28. The van der Waals surface area contributed by atoms with E-state index in [0.29, 0.717) is 0 Å². The predicted octanol–water partition coefficient (Wildman–Crippen LogP) is 5.28. The highest BCUT2D eigenvalue weighted by Crippen LogP contribution is 2.38. The summed E-state index contributed by atoms with van der Waals surface area (Å²) in [6.45, 7) is 11.4. The molecule has 0 radical (unpaired) electrons. The molecule has 118 valence electrons. The minimum absolute atomic E-state index is 0.760. The van der Waals surface area contributed by atoms with Gasteiger partial charge in [-0.1, -0.05) is 38.3 Å². The Morgan fingerprint density at radius 2 is 1.67 bits per heavy atom. The molecule has 1 aromatic rings. The van der Waals surface area contributed by atoms with Gasteiger partial charge in [0.05, 0.1) is 0 Å². The van der Waals surface area contributed by atoms with E-state index in [-0.39, 0.29) is 0 Å². The Labute approximate surface area is 131 Å². The van der Waals surface area contributed by atoms with Gasteiger partial charge in [0.2, 0.25) is 0 Å². The largest absolute Gasteiger partial charge is 0.316 e. The Morgan fingerprint density at radius 3 is 2.43 bits per heavy atom. The van der Waals surface area contributed by atoms with Crippen LogP contribution in [0, 0.1) is 26.7 Å². The minimum atomic E-state index is 0.760. The summed E-state index contributed by atoms with van der Waals surface area (Å²) in [6, 6.07) is 4.87. The lowest BCUT2D eigenvalue weighted by molar-refractivity contribution is 0.374. The van der Waals surface area contributed by atoms with Gasteiger partial charge in [-0.15, -0.1) is 0 Å². The zero-order chi connectivity index (χ0) is 15.2. The third kappa shape index (κ3) is 4.32. The van der Waals surface area contributed by atoms with Crippen LogP contribution in [0.1, 0.15) is 73.6 Å². The topological polar surface area (TPSA) is 12.0 Å². The maximum absolute atomic E-state index is 3.68. The second-order valence-corrected chi connectivity index (χ2v) is 7.00. The van der Waals surface area contributed by atoms with E-state index < -0.39 is 0 Å². The maximum Gasteiger partial charge on any atom is -0.00147 e. The van der Waals surface area contributed by atoms with E-state index in [2.05, 4.69) is 45.1 Å². The van der Waals surface area contributed by atoms with Crippen molar-refractivity contribution in [2.45, 2.75) is 72.1 Å². The van der Waals surface area contributed by atoms with Gasteiger partial charge in [0.1, 0.15) is 0 Å². The molecule has 0 aliphatic heterocycles. The van der Waals surface area contributed by atoms with Crippen LogP contribution in [0.3, 0.4) is 0 Å². The van der Waals surface area contributed by atoms with Crippen molar-refractivity contribution in [1.82, 2.24) is 5.32 Å². The Bertz CT molecular complexity index is 449. The van der Waals surface area contributed by atoms with Crippen LogP contribution < -0.4 is 5.32 Å². The molecule has 1 aliphatic rings. The standard InChI is InChI=1S/C20H33N/c1-5-11-21-14-18-9-7-6-8-10-19(18)20-13-16(3)15(2)12-17(20)4/h12-13,18-19,21H,5-11,14H2,1-4H3. The van der Waals surface area contributed by atoms with Crippen molar-refractivity contribution in [3.8, 4) is 0 Å². The number of aryl methyl sites for hydroxylation is 3. The SMILES string of the molecule is CCCNCC1CCCCCC1c1cc(C)c(C)cc1C. The summed E-state index contributed by atoms with van der Waals surface area (Å²) < 4.78 is 0. The first-order valence-corrected chi connectivity index (χ1v) is 8.92. The molecule has 0 spiro atoms. The molecule has 0 aromatic heterocycles. The molecular weight excluding hydrogens is 254 g/mol. The molecule has 2 rings (SSSR count). The van der Waals surface area contributed by atoms with Crippen LogP contribution in [0.2, 0.25) is 0 Å². The fraction of sp³-hybridized carbons (Fsp3) is 0.700. The Morgan fingerprint density at radius 1 is 0.952 bits per heavy atom. The van der Waals surface area contributed by atoms with Crippen LogP contribution in [-0.2, 0) is 0 Å². The molecule has 1 aliphatic carbocycles. The highest BCUT2D eigenvalue weighted by Gasteiger charge is 2.26. The summed E-state index contributed by atoms with van der Waals surface area (Å²) in [5, 5.41) is 3.68. The number of hydrogen-bond donors (Lipinski definition) is 1. The first-order valence-electron chi connectivity index (χ1n) is 8.92. The zero-order valence-electron chi connectivity index (χ0n) is 14.5. The van der Waals surface area contributed by atoms with E-state index >= 15 is 0 Å². The van der Waals surface area contributed by atoms with Crippen molar-refractivity contribution in [3.63, 3.8) is 0 Å². The molecule has 21 heavy (non-hydrogen) atoms. The average molecular weight is 287 g/mol. The van der Waals surface area contributed by atoms with Gasteiger partial charge in [-0.2, -0.15) is 0 Å². The highest BCUT2D eigenvalue weighted by molar-refractivity contribution is 5.39. The van der Waals surface area contributed by atoms with Gasteiger partial charge in [0.15, 0.2) is 0 Å². The number of nitrogens with one attached hydrogen (secondary N) is 1. The van der Waals surface area contributed by atoms with Crippen molar-refractivity contribution in [1.29, 1.82) is 0 Å². The molecule has 0 bridgehead atoms. The third-order valence-electron chi connectivity index (χ3n) is 5.27. The van der Waals surface area contributed by atoms with Gasteiger partial charge >= 0.3 is 0 Å². The maximum atomic E-state index is 3.68. The smallest absolute Gasteiger partial charge is 0.00147 e. The van der Waals surface area contributed by atoms with E-state index in [9.17, 15) is 0 Å². The Balaban J connectivity index is 2.21. The Kier molecular flexibility index (Phi) is 6.29. The minimum Gasteiger partial charge on any atom is -0.316 e. The predicted molar refractivity (Wildman–Crippen MR) is 93.1 cm³/mol. The van der Waals surface area contributed by atoms with Crippen molar-refractivity contribution in [2.75, 3.05) is 13.1 Å². The molecule has 0 heterocycles. The third-order valence-corrected chi connectivity index (χ3v) is 5.27. The first kappa shape index (κ1) is 16.5. The highest BCUT2D eigenvalue weighted by atomic mass is 14.9. The van der Waals surface area contributed by atoms with E-state index in [1.165, 1.54) is 61.8 Å². The molecular formula is C20H33N. The van der Waals surface area contributed by atoms with Crippen LogP contribution in [0.15, 0.2) is 12.1 Å². The number of benzene rings is 1. The molecule has 2 unspecified atom stereocenters. The molecule has 2 atom stereocenters. The Hall–Kier alpha value is -0.820. The number of hydrogen-bond acceptors (Lipinski definition) is 1. The average Bonchev–Trinajstić information content (AvgIpc) is 2.69. The van der Waals surface area contributed by atoms with Gasteiger partial charge in [0.25, 0.3) is 0 Å². The fourth-order valence-electron chi connectivity index (χ4n) is 3.88. The van der Waals surface area contributed by atoms with Crippen LogP contribution in [0.5, 0.6) is 0 Å². The molecule has 0 amide bonds. The quantitative estimate of drug-likeness (QED) is 0.574. The summed E-state index contributed by atoms with van der Waals surface area (Å²) >= 11 is 0.